The van der Waals surface area contributed by atoms with Gasteiger partial charge in [0.05, 0.1) is 12.6 Å². The van der Waals surface area contributed by atoms with Gasteiger partial charge in [0.25, 0.3) is 5.91 Å². The summed E-state index contributed by atoms with van der Waals surface area (Å²) in [4.78, 5) is 31.1. The zero-order valence-electron chi connectivity index (χ0n) is 13.9. The smallest absolute Gasteiger partial charge is 0.311 e. The average molecular weight is 410 g/mol. The van der Waals surface area contributed by atoms with Crippen LogP contribution < -0.4 is 10.8 Å². The van der Waals surface area contributed by atoms with Gasteiger partial charge in [-0.1, -0.05) is 0 Å². The molecular weight excluding hydrogens is 388 g/mol. The molecule has 0 radical (unpaired) electrons. The number of fused-ring (bicyclic) bond motifs is 2. The van der Waals surface area contributed by atoms with Crippen molar-refractivity contribution in [1.29, 1.82) is 0 Å². The minimum Gasteiger partial charge on any atom is -0.311 e. The number of hydrogen-bond acceptors (Lipinski definition) is 8. The molecule has 0 aromatic heterocycles. The van der Waals surface area contributed by atoms with Gasteiger partial charge < -0.3 is 10.2 Å². The van der Waals surface area contributed by atoms with Gasteiger partial charge in [-0.25, -0.2) is 10.3 Å². The van der Waals surface area contributed by atoms with Crippen molar-refractivity contribution >= 4 is 35.0 Å². The molecule has 3 amide bonds. The van der Waals surface area contributed by atoms with E-state index in [1.165, 1.54) is 4.90 Å². The highest BCUT2D eigenvalue weighted by Gasteiger charge is 2.49. The van der Waals surface area contributed by atoms with Crippen molar-refractivity contribution in [3.63, 3.8) is 0 Å². The molecule has 26 heavy (non-hydrogen) atoms. The van der Waals surface area contributed by atoms with Crippen LogP contribution in [-0.2, 0) is 24.3 Å². The quantitative estimate of drug-likeness (QED) is 0.237. The number of hydrogen-bond donors (Lipinski definition) is 4. The maximum Gasteiger partial charge on any atom is 0.418 e. The van der Waals surface area contributed by atoms with Gasteiger partial charge in [-0.3, -0.25) is 14.2 Å². The van der Waals surface area contributed by atoms with E-state index in [-0.39, 0.29) is 12.6 Å². The Hall–Kier alpha value is -1.12. The predicted octanol–water partition coefficient (Wildman–Crippen LogP) is -1.05. The Kier molecular flexibility index (Phi) is 5.94. The number of nitrogens with zero attached hydrogens (tertiary/aromatic N) is 2. The molecule has 13 heteroatoms. The number of rotatable bonds is 7. The van der Waals surface area contributed by atoms with Crippen LogP contribution in [0, 0.1) is 5.92 Å². The highest BCUT2D eigenvalue weighted by molar-refractivity contribution is 7.80. The molecule has 0 saturated carbocycles. The van der Waals surface area contributed by atoms with E-state index in [9.17, 15) is 18.0 Å². The van der Waals surface area contributed by atoms with E-state index in [2.05, 4.69) is 27.7 Å². The summed E-state index contributed by atoms with van der Waals surface area (Å²) in [6.07, 6.45) is 1.61. The zero-order chi connectivity index (χ0) is 18.9. The van der Waals surface area contributed by atoms with Crippen LogP contribution in [0.5, 0.6) is 0 Å². The molecule has 3 fully saturated rings. The fourth-order valence-corrected chi connectivity index (χ4v) is 4.22. The summed E-state index contributed by atoms with van der Waals surface area (Å²) in [5, 5.41) is 3.88. The first-order valence-electron chi connectivity index (χ1n) is 8.31. The molecule has 3 saturated heterocycles. The summed E-state index contributed by atoms with van der Waals surface area (Å²) in [6, 6.07) is -1.96. The fourth-order valence-electron chi connectivity index (χ4n) is 3.55. The molecule has 4 atom stereocenters. The van der Waals surface area contributed by atoms with Gasteiger partial charge in [0.1, 0.15) is 6.04 Å². The molecule has 148 valence electrons. The Balaban J connectivity index is 1.49. The topological polar surface area (TPSA) is 138 Å². The van der Waals surface area contributed by atoms with Crippen LogP contribution in [0.2, 0.25) is 0 Å². The Morgan fingerprint density at radius 3 is 2.85 bits per heavy atom. The first-order valence-corrected chi connectivity index (χ1v) is 10.3. The molecule has 3 rings (SSSR count). The summed E-state index contributed by atoms with van der Waals surface area (Å²) >= 11 is 4.26. The van der Waals surface area contributed by atoms with Gasteiger partial charge in [0, 0.05) is 12.6 Å². The molecule has 0 aliphatic carbocycles. The van der Waals surface area contributed by atoms with Crippen LogP contribution in [0.25, 0.3) is 0 Å². The molecule has 3 heterocycles. The summed E-state index contributed by atoms with van der Waals surface area (Å²) in [5.41, 5.74) is 2.36. The van der Waals surface area contributed by atoms with Crippen LogP contribution in [0.15, 0.2) is 0 Å². The number of amides is 3. The molecular formula is C13H22N4O7S2. The lowest BCUT2D eigenvalue weighted by Crippen LogP contribution is -2.50. The molecule has 0 unspecified atom stereocenters. The number of nitrogens with one attached hydrogen (secondary N) is 2. The third kappa shape index (κ3) is 4.40. The Morgan fingerprint density at radius 1 is 1.42 bits per heavy atom. The number of carbonyl (C=O) groups is 2. The molecule has 3 aliphatic heterocycles. The average Bonchev–Trinajstić information content (AvgIpc) is 3.13. The van der Waals surface area contributed by atoms with Crippen molar-refractivity contribution in [1.82, 2.24) is 20.8 Å². The first-order chi connectivity index (χ1) is 12.3. The van der Waals surface area contributed by atoms with Crippen LogP contribution in [0.1, 0.15) is 19.3 Å². The highest BCUT2D eigenvalue weighted by Crippen LogP contribution is 2.30. The summed E-state index contributed by atoms with van der Waals surface area (Å²) in [6.45, 7) is 1.30. The van der Waals surface area contributed by atoms with Crippen molar-refractivity contribution in [3.8, 4) is 0 Å². The minimum atomic E-state index is -4.81. The molecule has 0 spiro atoms. The molecule has 0 aromatic carbocycles. The van der Waals surface area contributed by atoms with E-state index in [4.69, 9.17) is 9.39 Å². The van der Waals surface area contributed by atoms with Crippen molar-refractivity contribution in [2.24, 2.45) is 5.92 Å². The largest absolute Gasteiger partial charge is 0.418 e. The third-order valence-corrected chi connectivity index (χ3v) is 5.69. The fraction of sp³-hybridized carbons (Fsp3) is 0.846. The number of carbonyl (C=O) groups excluding carboxylic acids is 2. The summed E-state index contributed by atoms with van der Waals surface area (Å²) < 4.78 is 34.8. The van der Waals surface area contributed by atoms with Gasteiger partial charge in [0.15, 0.2) is 0 Å². The van der Waals surface area contributed by atoms with Crippen molar-refractivity contribution in [2.75, 3.05) is 25.4 Å². The molecule has 0 aromatic rings. The SMILES string of the molecule is O=C(NOC[C@@H]1C[C@@H](CS)CN1)[C@@H]1CC[C@@H]2CN1C(=O)N2OS(=O)(=O)O. The minimum absolute atomic E-state index is 0.134. The van der Waals surface area contributed by atoms with Gasteiger partial charge in [-0.15, -0.1) is 4.28 Å². The molecule has 2 bridgehead atoms. The van der Waals surface area contributed by atoms with Crippen molar-refractivity contribution in [2.45, 2.75) is 37.4 Å². The Bertz CT molecular complexity index is 661. The number of piperidine rings is 1. The van der Waals surface area contributed by atoms with Crippen LogP contribution >= 0.6 is 12.6 Å². The second-order valence-corrected chi connectivity index (χ2v) is 8.05. The van der Waals surface area contributed by atoms with E-state index < -0.39 is 34.4 Å². The van der Waals surface area contributed by atoms with E-state index in [1.54, 1.807) is 0 Å². The predicted molar refractivity (Wildman–Crippen MR) is 91.2 cm³/mol. The van der Waals surface area contributed by atoms with Gasteiger partial charge in [0.2, 0.25) is 0 Å². The highest BCUT2D eigenvalue weighted by atomic mass is 32.3. The summed E-state index contributed by atoms with van der Waals surface area (Å²) in [5.74, 6) is 0.793. The Labute approximate surface area is 156 Å². The van der Waals surface area contributed by atoms with E-state index in [0.717, 1.165) is 18.7 Å². The normalized spacial score (nSPS) is 31.5. The molecule has 3 N–H and O–H groups in total. The third-order valence-electron chi connectivity index (χ3n) is 4.83. The van der Waals surface area contributed by atoms with E-state index >= 15 is 0 Å². The summed E-state index contributed by atoms with van der Waals surface area (Å²) in [7, 11) is -4.81. The number of thiol groups is 1. The lowest BCUT2D eigenvalue weighted by molar-refractivity contribution is -0.139. The number of hydroxylamine groups is 3. The zero-order valence-corrected chi connectivity index (χ0v) is 15.6. The molecule has 3 aliphatic rings. The Morgan fingerprint density at radius 2 is 2.19 bits per heavy atom. The maximum atomic E-state index is 12.3. The van der Waals surface area contributed by atoms with Gasteiger partial charge in [-0.05, 0) is 37.5 Å². The second kappa shape index (κ2) is 7.86. The number of urea groups is 1. The van der Waals surface area contributed by atoms with E-state index in [1.807, 2.05) is 0 Å². The van der Waals surface area contributed by atoms with Crippen LogP contribution in [-0.4, -0.2) is 78.4 Å². The maximum absolute atomic E-state index is 12.3. The van der Waals surface area contributed by atoms with Crippen molar-refractivity contribution < 1.29 is 31.7 Å². The van der Waals surface area contributed by atoms with Crippen LogP contribution in [0.4, 0.5) is 4.79 Å². The van der Waals surface area contributed by atoms with Gasteiger partial charge >= 0.3 is 16.4 Å². The lowest BCUT2D eigenvalue weighted by Gasteiger charge is -2.29. The van der Waals surface area contributed by atoms with Gasteiger partial charge in [-0.2, -0.15) is 26.1 Å². The lowest BCUT2D eigenvalue weighted by atomic mass is 10.0. The second-order valence-electron chi connectivity index (χ2n) is 6.68. The molecule has 11 nitrogen and oxygen atoms in total. The van der Waals surface area contributed by atoms with E-state index in [0.29, 0.717) is 30.4 Å². The standard InChI is InChI=1S/C13H22N4O7S2/c18-12(15-23-6-9-3-8(7-25)4-14-9)11-2-1-10-5-16(11)13(19)17(10)24-26(20,21)22/h8-11,14,25H,1-7H2,(H,15,18)(H,20,21,22)/t8-,9+,10-,11+/m1/s1. The van der Waals surface area contributed by atoms with Crippen molar-refractivity contribution in [3.05, 3.63) is 0 Å². The first kappa shape index (κ1) is 19.6. The van der Waals surface area contributed by atoms with Crippen LogP contribution in [0.3, 0.4) is 0 Å². The monoisotopic (exact) mass is 410 g/mol.